The molecule has 0 aliphatic carbocycles. The van der Waals surface area contributed by atoms with Gasteiger partial charge in [-0.2, -0.15) is 0 Å². The Morgan fingerprint density at radius 1 is 1.26 bits per heavy atom. The number of ether oxygens (including phenoxy) is 1. The molecule has 19 heavy (non-hydrogen) atoms. The molecule has 1 N–H and O–H groups in total. The molecule has 5 nitrogen and oxygen atoms in total. The summed E-state index contributed by atoms with van der Waals surface area (Å²) in [4.78, 5) is 32.4. The van der Waals surface area contributed by atoms with Crippen LogP contribution in [0.3, 0.4) is 0 Å². The maximum atomic E-state index is 11.5. The first-order valence-electron chi connectivity index (χ1n) is 6.12. The Kier molecular flexibility index (Phi) is 6.94. The van der Waals surface area contributed by atoms with Gasteiger partial charge >= 0.3 is 6.09 Å². The molecule has 0 aliphatic rings. The third kappa shape index (κ3) is 6.35. The van der Waals surface area contributed by atoms with Gasteiger partial charge in [0.05, 0.1) is 6.04 Å². The van der Waals surface area contributed by atoms with Crippen LogP contribution in [0.2, 0.25) is 0 Å². The maximum absolute atomic E-state index is 11.5. The molecule has 1 aromatic carbocycles. The number of aldehydes is 2. The summed E-state index contributed by atoms with van der Waals surface area (Å²) < 4.78 is 4.99. The minimum absolute atomic E-state index is 0.159. The van der Waals surface area contributed by atoms with Crippen molar-refractivity contribution in [3.8, 4) is 0 Å². The van der Waals surface area contributed by atoms with Crippen LogP contribution in [-0.4, -0.2) is 24.7 Å². The molecule has 0 heterocycles. The van der Waals surface area contributed by atoms with E-state index >= 15 is 0 Å². The van der Waals surface area contributed by atoms with Crippen molar-refractivity contribution in [1.82, 2.24) is 5.32 Å². The van der Waals surface area contributed by atoms with Crippen molar-refractivity contribution in [2.24, 2.45) is 0 Å². The lowest BCUT2D eigenvalue weighted by Gasteiger charge is -2.12. The zero-order valence-corrected chi connectivity index (χ0v) is 10.6. The number of carbonyl (C=O) groups is 3. The van der Waals surface area contributed by atoms with Gasteiger partial charge in [-0.05, 0) is 18.4 Å². The Morgan fingerprint density at radius 2 is 2.00 bits per heavy atom. The fraction of sp³-hybridized carbons (Fsp3) is 0.357. The van der Waals surface area contributed by atoms with Crippen LogP contribution in [0.5, 0.6) is 0 Å². The highest BCUT2D eigenvalue weighted by Gasteiger charge is 2.11. The number of rotatable bonds is 8. The van der Waals surface area contributed by atoms with Crippen molar-refractivity contribution in [3.05, 3.63) is 35.9 Å². The number of benzene rings is 1. The highest BCUT2D eigenvalue weighted by atomic mass is 16.5. The fourth-order valence-electron chi connectivity index (χ4n) is 1.51. The van der Waals surface area contributed by atoms with E-state index in [-0.39, 0.29) is 6.61 Å². The summed E-state index contributed by atoms with van der Waals surface area (Å²) in [6.45, 7) is 0.159. The van der Waals surface area contributed by atoms with E-state index in [1.54, 1.807) is 0 Å². The van der Waals surface area contributed by atoms with E-state index in [2.05, 4.69) is 5.32 Å². The van der Waals surface area contributed by atoms with Crippen LogP contribution in [-0.2, 0) is 20.9 Å². The standard InChI is InChI=1S/C14H17NO4/c16-9-5-4-8-13(10-17)15-14(18)19-11-12-6-2-1-3-7-12/h1-3,6-7,9-10,13H,4-5,8,11H2,(H,15,18). The average Bonchev–Trinajstić information content (AvgIpc) is 2.45. The van der Waals surface area contributed by atoms with Crippen molar-refractivity contribution < 1.29 is 19.1 Å². The molecule has 0 fully saturated rings. The molecule has 1 atom stereocenters. The van der Waals surface area contributed by atoms with Gasteiger partial charge in [0, 0.05) is 6.42 Å². The second kappa shape index (κ2) is 8.85. The topological polar surface area (TPSA) is 72.5 Å². The van der Waals surface area contributed by atoms with Crippen molar-refractivity contribution in [2.75, 3.05) is 0 Å². The fourth-order valence-corrected chi connectivity index (χ4v) is 1.51. The van der Waals surface area contributed by atoms with E-state index in [4.69, 9.17) is 4.74 Å². The van der Waals surface area contributed by atoms with E-state index in [0.29, 0.717) is 25.5 Å². The van der Waals surface area contributed by atoms with Gasteiger partial charge in [0.1, 0.15) is 19.2 Å². The van der Waals surface area contributed by atoms with Crippen LogP contribution in [0.1, 0.15) is 24.8 Å². The lowest BCUT2D eigenvalue weighted by atomic mass is 10.1. The number of nitrogens with one attached hydrogen (secondary N) is 1. The summed E-state index contributed by atoms with van der Waals surface area (Å²) in [6.07, 6.45) is 2.18. The predicted molar refractivity (Wildman–Crippen MR) is 69.5 cm³/mol. The van der Waals surface area contributed by atoms with Crippen molar-refractivity contribution in [2.45, 2.75) is 31.9 Å². The first kappa shape index (κ1) is 14.9. The van der Waals surface area contributed by atoms with E-state index in [1.807, 2.05) is 30.3 Å². The first-order chi connectivity index (χ1) is 9.26. The van der Waals surface area contributed by atoms with Crippen LogP contribution < -0.4 is 5.32 Å². The molecule has 5 heteroatoms. The molecule has 0 saturated carbocycles. The average molecular weight is 263 g/mol. The maximum Gasteiger partial charge on any atom is 0.408 e. The Hall–Kier alpha value is -2.17. The van der Waals surface area contributed by atoms with Crippen molar-refractivity contribution in [1.29, 1.82) is 0 Å². The molecule has 1 rings (SSSR count). The summed E-state index contributed by atoms with van der Waals surface area (Å²) in [5, 5.41) is 2.45. The molecule has 0 bridgehead atoms. The molecule has 0 radical (unpaired) electrons. The predicted octanol–water partition coefficient (Wildman–Crippen LogP) is 1.85. The summed E-state index contributed by atoms with van der Waals surface area (Å²) in [5.74, 6) is 0. The second-order valence-corrected chi connectivity index (χ2v) is 4.05. The van der Waals surface area contributed by atoms with Gasteiger partial charge in [-0.1, -0.05) is 30.3 Å². The van der Waals surface area contributed by atoms with Gasteiger partial charge < -0.3 is 19.6 Å². The highest BCUT2D eigenvalue weighted by molar-refractivity contribution is 5.73. The van der Waals surface area contributed by atoms with Gasteiger partial charge in [-0.15, -0.1) is 0 Å². The molecule has 0 aromatic heterocycles. The van der Waals surface area contributed by atoms with Gasteiger partial charge in [0.2, 0.25) is 0 Å². The quantitative estimate of drug-likeness (QED) is 0.574. The Balaban J connectivity index is 2.28. The van der Waals surface area contributed by atoms with Gasteiger partial charge in [-0.3, -0.25) is 0 Å². The highest BCUT2D eigenvalue weighted by Crippen LogP contribution is 2.02. The van der Waals surface area contributed by atoms with Crippen LogP contribution in [0.4, 0.5) is 4.79 Å². The molecule has 0 spiro atoms. The normalized spacial score (nSPS) is 11.4. The molecule has 0 saturated heterocycles. The van der Waals surface area contributed by atoms with E-state index < -0.39 is 12.1 Å². The molecule has 102 valence electrons. The van der Waals surface area contributed by atoms with Crippen LogP contribution in [0.25, 0.3) is 0 Å². The summed E-state index contributed by atoms with van der Waals surface area (Å²) in [7, 11) is 0. The molecule has 1 aromatic rings. The summed E-state index contributed by atoms with van der Waals surface area (Å²) >= 11 is 0. The molecule has 1 unspecified atom stereocenters. The SMILES string of the molecule is O=CCCCC(C=O)NC(=O)OCc1ccccc1. The van der Waals surface area contributed by atoms with Crippen LogP contribution in [0.15, 0.2) is 30.3 Å². The van der Waals surface area contributed by atoms with Gasteiger partial charge in [-0.25, -0.2) is 4.79 Å². The molecule has 1 amide bonds. The summed E-state index contributed by atoms with van der Waals surface area (Å²) in [6, 6.07) is 8.65. The van der Waals surface area contributed by atoms with Gasteiger partial charge in [0.15, 0.2) is 0 Å². The minimum Gasteiger partial charge on any atom is -0.445 e. The lowest BCUT2D eigenvalue weighted by molar-refractivity contribution is -0.110. The molecular formula is C14H17NO4. The third-order valence-corrected chi connectivity index (χ3v) is 2.52. The number of hydrogen-bond acceptors (Lipinski definition) is 4. The molecular weight excluding hydrogens is 246 g/mol. The molecule has 0 aliphatic heterocycles. The zero-order chi connectivity index (χ0) is 13.9. The van der Waals surface area contributed by atoms with Crippen LogP contribution >= 0.6 is 0 Å². The minimum atomic E-state index is -0.632. The Bertz CT molecular complexity index is 405. The van der Waals surface area contributed by atoms with Crippen LogP contribution in [0, 0.1) is 0 Å². The van der Waals surface area contributed by atoms with Crippen molar-refractivity contribution >= 4 is 18.7 Å². The Morgan fingerprint density at radius 3 is 2.63 bits per heavy atom. The van der Waals surface area contributed by atoms with Gasteiger partial charge in [0.25, 0.3) is 0 Å². The smallest absolute Gasteiger partial charge is 0.408 e. The first-order valence-corrected chi connectivity index (χ1v) is 6.12. The number of amides is 1. The number of unbranched alkanes of at least 4 members (excludes halogenated alkanes) is 1. The zero-order valence-electron chi connectivity index (χ0n) is 10.6. The van der Waals surface area contributed by atoms with Crippen molar-refractivity contribution in [3.63, 3.8) is 0 Å². The lowest BCUT2D eigenvalue weighted by Crippen LogP contribution is -2.36. The number of hydrogen-bond donors (Lipinski definition) is 1. The van der Waals surface area contributed by atoms with E-state index in [0.717, 1.165) is 11.8 Å². The largest absolute Gasteiger partial charge is 0.445 e. The Labute approximate surface area is 111 Å². The second-order valence-electron chi connectivity index (χ2n) is 4.05. The number of alkyl carbamates (subject to hydrolysis) is 1. The number of carbonyl (C=O) groups excluding carboxylic acids is 3. The van der Waals surface area contributed by atoms with E-state index in [1.165, 1.54) is 0 Å². The summed E-state index contributed by atoms with van der Waals surface area (Å²) in [5.41, 5.74) is 0.876. The third-order valence-electron chi connectivity index (χ3n) is 2.52. The van der Waals surface area contributed by atoms with E-state index in [9.17, 15) is 14.4 Å². The monoisotopic (exact) mass is 263 g/mol.